The zero-order valence-corrected chi connectivity index (χ0v) is 21.0. The van der Waals surface area contributed by atoms with Crippen LogP contribution in [0.5, 0.6) is 0 Å². The fraction of sp³-hybridized carbons (Fsp3) is 0.407. The lowest BCUT2D eigenvalue weighted by atomic mass is 9.84. The van der Waals surface area contributed by atoms with Gasteiger partial charge in [-0.15, -0.1) is 0 Å². The second kappa shape index (κ2) is 7.47. The molecule has 4 N–H and O–H groups in total. The quantitative estimate of drug-likeness (QED) is 0.422. The van der Waals surface area contributed by atoms with Gasteiger partial charge in [-0.25, -0.2) is 4.98 Å². The van der Waals surface area contributed by atoms with E-state index in [1.54, 1.807) is 76.2 Å². The van der Waals surface area contributed by atoms with E-state index in [2.05, 4.69) is 15.6 Å². The summed E-state index contributed by atoms with van der Waals surface area (Å²) in [7, 11) is 0. The van der Waals surface area contributed by atoms with Crippen molar-refractivity contribution in [3.8, 4) is 0 Å². The average Bonchev–Trinajstić information content (AvgIpc) is 3.24. The van der Waals surface area contributed by atoms with Crippen LogP contribution in [0.1, 0.15) is 51.5 Å². The SMILES string of the molecule is CC(C)[C@]1(O)NC(=O)[C@@H](C[C@@]2(O)c3ccccc3N3C(=O)C(C)(C)N[C@@H]32)n2c1nc1ccccc1c2=O. The van der Waals surface area contributed by atoms with E-state index in [4.69, 9.17) is 0 Å². The minimum absolute atomic E-state index is 0.0123. The molecule has 1 aromatic heterocycles. The Morgan fingerprint density at radius 2 is 1.70 bits per heavy atom. The van der Waals surface area contributed by atoms with Crippen molar-refractivity contribution in [1.29, 1.82) is 0 Å². The Bertz CT molecular complexity index is 1550. The molecule has 192 valence electrons. The van der Waals surface area contributed by atoms with Gasteiger partial charge in [0, 0.05) is 17.9 Å². The number of nitrogens with one attached hydrogen (secondary N) is 2. The lowest BCUT2D eigenvalue weighted by molar-refractivity contribution is -0.147. The molecular formula is C27H29N5O5. The van der Waals surface area contributed by atoms with Crippen LogP contribution < -0.4 is 21.1 Å². The molecule has 10 heteroatoms. The summed E-state index contributed by atoms with van der Waals surface area (Å²) in [5.41, 5.74) is -3.59. The smallest absolute Gasteiger partial charge is 0.262 e. The summed E-state index contributed by atoms with van der Waals surface area (Å²) in [6, 6.07) is 12.6. The summed E-state index contributed by atoms with van der Waals surface area (Å²) in [5.74, 6) is -1.31. The highest BCUT2D eigenvalue weighted by atomic mass is 16.3. The number of amides is 2. The molecule has 3 aromatic rings. The first-order valence-electron chi connectivity index (χ1n) is 12.4. The number of anilines is 1. The topological polar surface area (TPSA) is 137 Å². The summed E-state index contributed by atoms with van der Waals surface area (Å²) in [5, 5.41) is 30.0. The molecule has 0 radical (unpaired) electrons. The third kappa shape index (κ3) is 3.03. The van der Waals surface area contributed by atoms with Crippen molar-refractivity contribution in [1.82, 2.24) is 20.2 Å². The summed E-state index contributed by atoms with van der Waals surface area (Å²) in [6.07, 6.45) is -1.08. The van der Waals surface area contributed by atoms with Gasteiger partial charge in [0.15, 0.2) is 11.5 Å². The van der Waals surface area contributed by atoms with E-state index in [1.807, 2.05) is 0 Å². The van der Waals surface area contributed by atoms with Crippen molar-refractivity contribution >= 4 is 28.4 Å². The molecule has 0 saturated carbocycles. The molecule has 37 heavy (non-hydrogen) atoms. The summed E-state index contributed by atoms with van der Waals surface area (Å²) in [6.45, 7) is 6.92. The van der Waals surface area contributed by atoms with E-state index in [1.165, 1.54) is 9.47 Å². The Morgan fingerprint density at radius 3 is 2.43 bits per heavy atom. The number of aromatic nitrogens is 2. The Labute approximate surface area is 212 Å². The number of carbonyl (C=O) groups excluding carboxylic acids is 2. The molecule has 3 aliphatic rings. The zero-order chi connectivity index (χ0) is 26.5. The Balaban J connectivity index is 1.56. The molecule has 6 rings (SSSR count). The molecule has 1 saturated heterocycles. The number of carbonyl (C=O) groups is 2. The lowest BCUT2D eigenvalue weighted by Gasteiger charge is -2.43. The Hall–Kier alpha value is -3.60. The molecule has 4 heterocycles. The number of aliphatic hydroxyl groups is 2. The normalized spacial score (nSPS) is 29.9. The number of nitrogens with zero attached hydrogens (tertiary/aromatic N) is 3. The number of fused-ring (bicyclic) bond motifs is 5. The first kappa shape index (κ1) is 23.8. The van der Waals surface area contributed by atoms with E-state index in [0.29, 0.717) is 22.2 Å². The maximum absolute atomic E-state index is 13.8. The fourth-order valence-electron chi connectivity index (χ4n) is 5.92. The molecular weight excluding hydrogens is 474 g/mol. The predicted octanol–water partition coefficient (Wildman–Crippen LogP) is 1.20. The maximum atomic E-state index is 13.8. The minimum atomic E-state index is -1.89. The van der Waals surface area contributed by atoms with Crippen molar-refractivity contribution in [3.05, 3.63) is 70.3 Å². The average molecular weight is 504 g/mol. The van der Waals surface area contributed by atoms with Crippen LogP contribution in [-0.2, 0) is 20.9 Å². The summed E-state index contributed by atoms with van der Waals surface area (Å²) >= 11 is 0. The van der Waals surface area contributed by atoms with Gasteiger partial charge in [0.2, 0.25) is 11.8 Å². The van der Waals surface area contributed by atoms with Crippen molar-refractivity contribution in [2.75, 3.05) is 4.90 Å². The van der Waals surface area contributed by atoms with Gasteiger partial charge in [-0.1, -0.05) is 44.2 Å². The van der Waals surface area contributed by atoms with Gasteiger partial charge in [0.25, 0.3) is 5.56 Å². The third-order valence-electron chi connectivity index (χ3n) is 8.01. The molecule has 4 atom stereocenters. The van der Waals surface area contributed by atoms with Gasteiger partial charge in [-0.05, 0) is 32.0 Å². The van der Waals surface area contributed by atoms with Crippen molar-refractivity contribution in [2.24, 2.45) is 5.92 Å². The monoisotopic (exact) mass is 503 g/mol. The molecule has 3 aliphatic heterocycles. The second-order valence-electron chi connectivity index (χ2n) is 11.0. The number of benzene rings is 2. The molecule has 0 aliphatic carbocycles. The number of rotatable bonds is 3. The standard InChI is InChI=1S/C27H29N5O5/c1-14(2)27(37)23-28-17-11-7-5-9-15(17)21(34)31(23)19(20(33)29-27)13-26(36)16-10-6-8-12-18(16)32-22(26)30-25(3,4)24(32)35/h5-12,14,19,22,30,36-37H,13H2,1-4H3,(H,29,33)/t19-,22+,26-,27-/m1/s1. The van der Waals surface area contributed by atoms with Crippen LogP contribution in [0, 0.1) is 5.92 Å². The zero-order valence-electron chi connectivity index (χ0n) is 21.0. The molecule has 2 aromatic carbocycles. The molecule has 10 nitrogen and oxygen atoms in total. The van der Waals surface area contributed by atoms with E-state index >= 15 is 0 Å². The lowest BCUT2D eigenvalue weighted by Crippen LogP contribution is -2.62. The number of para-hydroxylation sites is 2. The highest BCUT2D eigenvalue weighted by molar-refractivity contribution is 6.05. The van der Waals surface area contributed by atoms with E-state index < -0.39 is 46.5 Å². The van der Waals surface area contributed by atoms with Gasteiger partial charge < -0.3 is 15.5 Å². The van der Waals surface area contributed by atoms with E-state index in [0.717, 1.165) is 0 Å². The van der Waals surface area contributed by atoms with Gasteiger partial charge in [-0.2, -0.15) is 0 Å². The van der Waals surface area contributed by atoms with Gasteiger partial charge >= 0.3 is 0 Å². The molecule has 2 amide bonds. The fourth-order valence-corrected chi connectivity index (χ4v) is 5.92. The predicted molar refractivity (Wildman–Crippen MR) is 135 cm³/mol. The van der Waals surface area contributed by atoms with Crippen LogP contribution in [-0.4, -0.2) is 43.3 Å². The second-order valence-corrected chi connectivity index (χ2v) is 11.0. The maximum Gasteiger partial charge on any atom is 0.262 e. The van der Waals surface area contributed by atoms with Crippen LogP contribution >= 0.6 is 0 Å². The van der Waals surface area contributed by atoms with Crippen LogP contribution in [0.3, 0.4) is 0 Å². The first-order chi connectivity index (χ1) is 17.4. The van der Waals surface area contributed by atoms with Crippen LogP contribution in [0.15, 0.2) is 53.3 Å². The first-order valence-corrected chi connectivity index (χ1v) is 12.4. The van der Waals surface area contributed by atoms with E-state index in [9.17, 15) is 24.6 Å². The van der Waals surface area contributed by atoms with Crippen LogP contribution in [0.25, 0.3) is 10.9 Å². The van der Waals surface area contributed by atoms with E-state index in [-0.39, 0.29) is 18.2 Å². The molecule has 0 unspecified atom stereocenters. The minimum Gasteiger partial charge on any atom is -0.381 e. The van der Waals surface area contributed by atoms with Gasteiger partial charge in [0.1, 0.15) is 17.8 Å². The van der Waals surface area contributed by atoms with Gasteiger partial charge in [0.05, 0.1) is 22.1 Å². The Kier molecular flexibility index (Phi) is 4.80. The highest BCUT2D eigenvalue weighted by Gasteiger charge is 2.62. The largest absolute Gasteiger partial charge is 0.381 e. The van der Waals surface area contributed by atoms with Crippen molar-refractivity contribution in [2.45, 2.75) is 63.2 Å². The molecule has 0 spiro atoms. The number of hydrogen-bond acceptors (Lipinski definition) is 7. The summed E-state index contributed by atoms with van der Waals surface area (Å²) in [4.78, 5) is 46.8. The Morgan fingerprint density at radius 1 is 1.03 bits per heavy atom. The molecule has 0 bridgehead atoms. The summed E-state index contributed by atoms with van der Waals surface area (Å²) < 4.78 is 1.21. The molecule has 1 fully saturated rings. The number of hydrogen-bond donors (Lipinski definition) is 4. The van der Waals surface area contributed by atoms with Crippen molar-refractivity contribution in [3.63, 3.8) is 0 Å². The third-order valence-corrected chi connectivity index (χ3v) is 8.01. The van der Waals surface area contributed by atoms with Crippen LogP contribution in [0.2, 0.25) is 0 Å². The van der Waals surface area contributed by atoms with Gasteiger partial charge in [-0.3, -0.25) is 29.2 Å². The highest BCUT2D eigenvalue weighted by Crippen LogP contribution is 2.51. The van der Waals surface area contributed by atoms with Crippen molar-refractivity contribution < 1.29 is 19.8 Å². The van der Waals surface area contributed by atoms with Crippen LogP contribution in [0.4, 0.5) is 5.69 Å².